The maximum atomic E-state index is 10.7. The van der Waals surface area contributed by atoms with Crippen molar-refractivity contribution >= 4 is 17.5 Å². The highest BCUT2D eigenvalue weighted by atomic mass is 35.5. The molecule has 0 radical (unpaired) electrons. The number of rotatable bonds is 3. The predicted octanol–water partition coefficient (Wildman–Crippen LogP) is 1.00. The van der Waals surface area contributed by atoms with Gasteiger partial charge in [0.25, 0.3) is 0 Å². The standard InChI is InChI=1S/C10H13ClN2O/c1-6-2-3-7(8(11)4-6)5-9(12)10(13)14/h2-4,9H,5,12H2,1H3,(H2,13,14). The van der Waals surface area contributed by atoms with Crippen LogP contribution in [0, 0.1) is 6.92 Å². The maximum Gasteiger partial charge on any atom is 0.234 e. The van der Waals surface area contributed by atoms with E-state index in [1.54, 1.807) is 0 Å². The second-order valence-corrected chi connectivity index (χ2v) is 3.72. The lowest BCUT2D eigenvalue weighted by atomic mass is 10.0. The number of aryl methyl sites for hydroxylation is 1. The van der Waals surface area contributed by atoms with Crippen molar-refractivity contribution in [1.82, 2.24) is 0 Å². The molecule has 4 heteroatoms. The van der Waals surface area contributed by atoms with Gasteiger partial charge in [0.05, 0.1) is 6.04 Å². The summed E-state index contributed by atoms with van der Waals surface area (Å²) in [5.41, 5.74) is 12.5. The lowest BCUT2D eigenvalue weighted by molar-refractivity contribution is -0.119. The van der Waals surface area contributed by atoms with Crippen molar-refractivity contribution in [3.05, 3.63) is 34.3 Å². The number of primary amides is 1. The third kappa shape index (κ3) is 2.72. The van der Waals surface area contributed by atoms with Crippen LogP contribution in [0.1, 0.15) is 11.1 Å². The van der Waals surface area contributed by atoms with Gasteiger partial charge >= 0.3 is 0 Å². The molecule has 0 heterocycles. The van der Waals surface area contributed by atoms with Crippen molar-refractivity contribution in [3.8, 4) is 0 Å². The first-order chi connectivity index (χ1) is 6.50. The van der Waals surface area contributed by atoms with Gasteiger partial charge in [-0.2, -0.15) is 0 Å². The van der Waals surface area contributed by atoms with Crippen LogP contribution in [-0.4, -0.2) is 11.9 Å². The molecule has 0 saturated heterocycles. The maximum absolute atomic E-state index is 10.7. The summed E-state index contributed by atoms with van der Waals surface area (Å²) in [7, 11) is 0. The first-order valence-corrected chi connectivity index (χ1v) is 4.68. The van der Waals surface area contributed by atoms with E-state index in [9.17, 15) is 4.79 Å². The number of amides is 1. The van der Waals surface area contributed by atoms with Gasteiger partial charge in [-0.3, -0.25) is 4.79 Å². The van der Waals surface area contributed by atoms with Gasteiger partial charge in [-0.05, 0) is 30.5 Å². The predicted molar refractivity (Wildman–Crippen MR) is 57.1 cm³/mol. The normalized spacial score (nSPS) is 12.5. The number of carbonyl (C=O) groups excluding carboxylic acids is 1. The summed E-state index contributed by atoms with van der Waals surface area (Å²) in [5, 5.41) is 0.627. The van der Waals surface area contributed by atoms with Gasteiger partial charge in [-0.15, -0.1) is 0 Å². The fourth-order valence-electron chi connectivity index (χ4n) is 1.16. The van der Waals surface area contributed by atoms with Crippen LogP contribution in [0.2, 0.25) is 5.02 Å². The first kappa shape index (κ1) is 11.0. The van der Waals surface area contributed by atoms with E-state index in [0.717, 1.165) is 11.1 Å². The van der Waals surface area contributed by atoms with Crippen LogP contribution in [-0.2, 0) is 11.2 Å². The average Bonchev–Trinajstić information content (AvgIpc) is 2.09. The molecule has 1 rings (SSSR count). The molecule has 1 unspecified atom stereocenters. The van der Waals surface area contributed by atoms with E-state index < -0.39 is 11.9 Å². The summed E-state index contributed by atoms with van der Waals surface area (Å²) < 4.78 is 0. The molecular weight excluding hydrogens is 200 g/mol. The summed E-state index contributed by atoms with van der Waals surface area (Å²) in [6.45, 7) is 1.95. The van der Waals surface area contributed by atoms with E-state index in [1.807, 2.05) is 25.1 Å². The van der Waals surface area contributed by atoms with Crippen molar-refractivity contribution in [3.63, 3.8) is 0 Å². The lowest BCUT2D eigenvalue weighted by Crippen LogP contribution is -2.38. The van der Waals surface area contributed by atoms with Gasteiger partial charge in [-0.25, -0.2) is 0 Å². The van der Waals surface area contributed by atoms with E-state index >= 15 is 0 Å². The monoisotopic (exact) mass is 212 g/mol. The Morgan fingerprint density at radius 1 is 1.57 bits per heavy atom. The Balaban J connectivity index is 2.82. The number of nitrogens with two attached hydrogens (primary N) is 2. The number of halogens is 1. The van der Waals surface area contributed by atoms with Crippen molar-refractivity contribution in [2.45, 2.75) is 19.4 Å². The Hall–Kier alpha value is -1.06. The molecule has 0 aromatic heterocycles. The Morgan fingerprint density at radius 2 is 2.21 bits per heavy atom. The minimum absolute atomic E-state index is 0.383. The minimum atomic E-state index is -0.671. The molecule has 4 N–H and O–H groups in total. The van der Waals surface area contributed by atoms with Crippen LogP contribution in [0.3, 0.4) is 0 Å². The van der Waals surface area contributed by atoms with Gasteiger partial charge < -0.3 is 11.5 Å². The molecule has 0 aliphatic heterocycles. The van der Waals surface area contributed by atoms with Crippen LogP contribution >= 0.6 is 11.6 Å². The first-order valence-electron chi connectivity index (χ1n) is 4.30. The lowest BCUT2D eigenvalue weighted by Gasteiger charge is -2.09. The number of benzene rings is 1. The van der Waals surface area contributed by atoms with Gasteiger partial charge in [0, 0.05) is 5.02 Å². The Labute approximate surface area is 88.0 Å². The van der Waals surface area contributed by atoms with Gasteiger partial charge in [0.1, 0.15) is 0 Å². The molecular formula is C10H13ClN2O. The minimum Gasteiger partial charge on any atom is -0.368 e. The van der Waals surface area contributed by atoms with Gasteiger partial charge in [-0.1, -0.05) is 23.7 Å². The zero-order chi connectivity index (χ0) is 10.7. The molecule has 1 aromatic carbocycles. The molecule has 0 bridgehead atoms. The fraction of sp³-hybridized carbons (Fsp3) is 0.300. The molecule has 1 amide bonds. The van der Waals surface area contributed by atoms with Crippen molar-refractivity contribution in [2.75, 3.05) is 0 Å². The molecule has 3 nitrogen and oxygen atoms in total. The molecule has 1 aromatic rings. The molecule has 14 heavy (non-hydrogen) atoms. The second kappa shape index (κ2) is 4.44. The molecule has 76 valence electrons. The van der Waals surface area contributed by atoms with E-state index in [0.29, 0.717) is 11.4 Å². The largest absolute Gasteiger partial charge is 0.368 e. The smallest absolute Gasteiger partial charge is 0.234 e. The summed E-state index contributed by atoms with van der Waals surface area (Å²) in [6.07, 6.45) is 0.383. The van der Waals surface area contributed by atoms with E-state index in [2.05, 4.69) is 0 Å². The van der Waals surface area contributed by atoms with E-state index in [-0.39, 0.29) is 0 Å². The summed E-state index contributed by atoms with van der Waals surface area (Å²) >= 11 is 5.97. The van der Waals surface area contributed by atoms with Crippen molar-refractivity contribution in [2.24, 2.45) is 11.5 Å². The fourth-order valence-corrected chi connectivity index (χ4v) is 1.47. The number of hydrogen-bond donors (Lipinski definition) is 2. The van der Waals surface area contributed by atoms with E-state index in [4.69, 9.17) is 23.1 Å². The topological polar surface area (TPSA) is 69.1 Å². The highest BCUT2D eigenvalue weighted by Gasteiger charge is 2.11. The van der Waals surface area contributed by atoms with Crippen molar-refractivity contribution < 1.29 is 4.79 Å². The summed E-state index contributed by atoms with van der Waals surface area (Å²) in [4.78, 5) is 10.7. The summed E-state index contributed by atoms with van der Waals surface area (Å²) in [6, 6.07) is 4.95. The quantitative estimate of drug-likeness (QED) is 0.785. The average molecular weight is 213 g/mol. The molecule has 0 fully saturated rings. The van der Waals surface area contributed by atoms with Gasteiger partial charge in [0.15, 0.2) is 0 Å². The molecule has 0 spiro atoms. The van der Waals surface area contributed by atoms with Crippen molar-refractivity contribution in [1.29, 1.82) is 0 Å². The van der Waals surface area contributed by atoms with E-state index in [1.165, 1.54) is 0 Å². The second-order valence-electron chi connectivity index (χ2n) is 3.31. The third-order valence-corrected chi connectivity index (χ3v) is 2.37. The Kier molecular flexibility index (Phi) is 3.49. The number of hydrogen-bond acceptors (Lipinski definition) is 2. The number of carbonyl (C=O) groups is 1. The van der Waals surface area contributed by atoms with Crippen LogP contribution < -0.4 is 11.5 Å². The SMILES string of the molecule is Cc1ccc(CC(N)C(N)=O)c(Cl)c1. The van der Waals surface area contributed by atoms with Gasteiger partial charge in [0.2, 0.25) is 5.91 Å². The molecule has 0 saturated carbocycles. The Bertz CT molecular complexity index is 352. The molecule has 1 atom stereocenters. The highest BCUT2D eigenvalue weighted by molar-refractivity contribution is 6.31. The Morgan fingerprint density at radius 3 is 2.71 bits per heavy atom. The van der Waals surface area contributed by atoms with Crippen LogP contribution in [0.25, 0.3) is 0 Å². The zero-order valence-electron chi connectivity index (χ0n) is 7.96. The third-order valence-electron chi connectivity index (χ3n) is 2.01. The van der Waals surface area contributed by atoms with Crippen LogP contribution in [0.5, 0.6) is 0 Å². The molecule has 0 aliphatic carbocycles. The zero-order valence-corrected chi connectivity index (χ0v) is 8.71. The van der Waals surface area contributed by atoms with Crippen LogP contribution in [0.15, 0.2) is 18.2 Å². The molecule has 0 aliphatic rings. The summed E-state index contributed by atoms with van der Waals surface area (Å²) in [5.74, 6) is -0.512. The highest BCUT2D eigenvalue weighted by Crippen LogP contribution is 2.18. The van der Waals surface area contributed by atoms with Crippen LogP contribution in [0.4, 0.5) is 0 Å².